The van der Waals surface area contributed by atoms with Crippen LogP contribution in [0.2, 0.25) is 5.02 Å². The number of nitrogens with zero attached hydrogens (tertiary/aromatic N) is 3. The molecule has 3 rings (SSSR count). The van der Waals surface area contributed by atoms with E-state index in [1.807, 2.05) is 36.2 Å². The number of amides is 2. The lowest BCUT2D eigenvalue weighted by molar-refractivity contribution is -0.132. The molecule has 1 aliphatic rings. The summed E-state index contributed by atoms with van der Waals surface area (Å²) in [7, 11) is 3.44. The van der Waals surface area contributed by atoms with E-state index in [4.69, 9.17) is 16.3 Å². The van der Waals surface area contributed by atoms with E-state index in [1.165, 1.54) is 0 Å². The molecule has 7 heteroatoms. The van der Waals surface area contributed by atoms with Gasteiger partial charge in [0.15, 0.2) is 0 Å². The van der Waals surface area contributed by atoms with E-state index in [1.54, 1.807) is 36.3 Å². The third kappa shape index (κ3) is 5.71. The van der Waals surface area contributed by atoms with Crippen LogP contribution in [0.4, 0.5) is 0 Å². The van der Waals surface area contributed by atoms with Gasteiger partial charge in [0.05, 0.1) is 13.7 Å². The van der Waals surface area contributed by atoms with Crippen LogP contribution in [0, 0.1) is 0 Å². The third-order valence-corrected chi connectivity index (χ3v) is 5.33. The quantitative estimate of drug-likeness (QED) is 0.728. The van der Waals surface area contributed by atoms with Gasteiger partial charge in [-0.1, -0.05) is 29.8 Å². The molecule has 0 unspecified atom stereocenters. The van der Waals surface area contributed by atoms with E-state index >= 15 is 0 Å². The number of carbonyl (C=O) groups excluding carboxylic acids is 2. The molecule has 0 aromatic heterocycles. The Hall–Kier alpha value is -2.57. The van der Waals surface area contributed by atoms with Crippen LogP contribution in [0.5, 0.6) is 5.75 Å². The Morgan fingerprint density at radius 2 is 1.76 bits per heavy atom. The lowest BCUT2D eigenvalue weighted by Gasteiger charge is -2.35. The maximum Gasteiger partial charge on any atom is 0.253 e. The molecule has 0 radical (unpaired) electrons. The molecule has 0 bridgehead atoms. The number of hydrogen-bond acceptors (Lipinski definition) is 4. The zero-order valence-corrected chi connectivity index (χ0v) is 17.6. The smallest absolute Gasteiger partial charge is 0.253 e. The van der Waals surface area contributed by atoms with E-state index in [0.717, 1.165) is 11.3 Å². The Bertz CT molecular complexity index is 849. The van der Waals surface area contributed by atoms with Gasteiger partial charge in [-0.3, -0.25) is 14.5 Å². The maximum atomic E-state index is 12.6. The third-order valence-electron chi connectivity index (χ3n) is 5.09. The molecule has 0 saturated carbocycles. The molecule has 0 aliphatic carbocycles. The first-order chi connectivity index (χ1) is 14.0. The van der Waals surface area contributed by atoms with Crippen molar-refractivity contribution < 1.29 is 14.3 Å². The summed E-state index contributed by atoms with van der Waals surface area (Å²) in [6.45, 7) is 3.45. The average Bonchev–Trinajstić information content (AvgIpc) is 2.74. The van der Waals surface area contributed by atoms with Crippen LogP contribution >= 0.6 is 11.6 Å². The van der Waals surface area contributed by atoms with Crippen molar-refractivity contribution in [1.29, 1.82) is 0 Å². The highest BCUT2D eigenvalue weighted by Gasteiger charge is 2.24. The van der Waals surface area contributed by atoms with E-state index in [-0.39, 0.29) is 11.8 Å². The van der Waals surface area contributed by atoms with E-state index in [9.17, 15) is 9.59 Å². The minimum absolute atomic E-state index is 0.0184. The van der Waals surface area contributed by atoms with Crippen molar-refractivity contribution in [3.05, 3.63) is 64.7 Å². The molecule has 2 aromatic carbocycles. The summed E-state index contributed by atoms with van der Waals surface area (Å²) in [4.78, 5) is 30.8. The first-order valence-electron chi connectivity index (χ1n) is 9.60. The highest BCUT2D eigenvalue weighted by Crippen LogP contribution is 2.15. The van der Waals surface area contributed by atoms with Gasteiger partial charge in [0, 0.05) is 50.4 Å². The van der Waals surface area contributed by atoms with Crippen molar-refractivity contribution in [1.82, 2.24) is 14.7 Å². The SMILES string of the molecule is COc1ccc(CN(C)C(=O)CN2CCN(C(=O)c3cccc(Cl)c3)CC2)cc1. The molecule has 2 aromatic rings. The van der Waals surface area contributed by atoms with Crippen molar-refractivity contribution in [2.75, 3.05) is 46.9 Å². The highest BCUT2D eigenvalue weighted by molar-refractivity contribution is 6.30. The van der Waals surface area contributed by atoms with Crippen LogP contribution in [-0.4, -0.2) is 73.4 Å². The summed E-state index contributed by atoms with van der Waals surface area (Å²) in [5, 5.41) is 0.556. The van der Waals surface area contributed by atoms with Gasteiger partial charge in [-0.15, -0.1) is 0 Å². The molecule has 0 spiro atoms. The Morgan fingerprint density at radius 3 is 2.38 bits per heavy atom. The number of hydrogen-bond donors (Lipinski definition) is 0. The molecule has 29 heavy (non-hydrogen) atoms. The molecule has 0 atom stereocenters. The maximum absolute atomic E-state index is 12.6. The van der Waals surface area contributed by atoms with Crippen LogP contribution in [0.1, 0.15) is 15.9 Å². The van der Waals surface area contributed by atoms with Crippen molar-refractivity contribution in [2.24, 2.45) is 0 Å². The number of piperazine rings is 1. The second-order valence-corrected chi connectivity index (χ2v) is 7.61. The zero-order chi connectivity index (χ0) is 20.8. The fraction of sp³-hybridized carbons (Fsp3) is 0.364. The molecule has 1 heterocycles. The first kappa shape index (κ1) is 21.1. The van der Waals surface area contributed by atoms with Gasteiger partial charge < -0.3 is 14.5 Å². The second kappa shape index (κ2) is 9.76. The van der Waals surface area contributed by atoms with Crippen LogP contribution in [0.3, 0.4) is 0 Å². The number of methoxy groups -OCH3 is 1. The van der Waals surface area contributed by atoms with Gasteiger partial charge in [-0.05, 0) is 35.9 Å². The molecule has 1 saturated heterocycles. The monoisotopic (exact) mass is 415 g/mol. The van der Waals surface area contributed by atoms with Crippen LogP contribution in [-0.2, 0) is 11.3 Å². The number of benzene rings is 2. The van der Waals surface area contributed by atoms with Crippen LogP contribution in [0.25, 0.3) is 0 Å². The summed E-state index contributed by atoms with van der Waals surface area (Å²) in [6, 6.07) is 14.7. The summed E-state index contributed by atoms with van der Waals surface area (Å²) in [6.07, 6.45) is 0. The van der Waals surface area contributed by atoms with Gasteiger partial charge in [-0.25, -0.2) is 0 Å². The number of rotatable bonds is 6. The van der Waals surface area contributed by atoms with E-state index in [0.29, 0.717) is 49.9 Å². The largest absolute Gasteiger partial charge is 0.497 e. The Labute approximate surface area is 176 Å². The average molecular weight is 416 g/mol. The molecular formula is C22H26ClN3O3. The Balaban J connectivity index is 1.46. The lowest BCUT2D eigenvalue weighted by Crippen LogP contribution is -2.51. The lowest BCUT2D eigenvalue weighted by atomic mass is 10.2. The van der Waals surface area contributed by atoms with Crippen molar-refractivity contribution in [2.45, 2.75) is 6.54 Å². The minimum Gasteiger partial charge on any atom is -0.497 e. The number of ether oxygens (including phenoxy) is 1. The number of carbonyl (C=O) groups is 2. The molecule has 0 N–H and O–H groups in total. The molecular weight excluding hydrogens is 390 g/mol. The fourth-order valence-electron chi connectivity index (χ4n) is 3.32. The van der Waals surface area contributed by atoms with Gasteiger partial charge in [-0.2, -0.15) is 0 Å². The predicted octanol–water partition coefficient (Wildman–Crippen LogP) is 2.77. The van der Waals surface area contributed by atoms with Crippen LogP contribution < -0.4 is 4.74 Å². The predicted molar refractivity (Wildman–Crippen MR) is 113 cm³/mol. The van der Waals surface area contributed by atoms with E-state index in [2.05, 4.69) is 4.90 Å². The summed E-state index contributed by atoms with van der Waals surface area (Å²) < 4.78 is 5.16. The Kier molecular flexibility index (Phi) is 7.12. The molecule has 1 fully saturated rings. The van der Waals surface area contributed by atoms with E-state index < -0.39 is 0 Å². The summed E-state index contributed by atoms with van der Waals surface area (Å²) in [5.41, 5.74) is 1.65. The Morgan fingerprint density at radius 1 is 1.07 bits per heavy atom. The normalized spacial score (nSPS) is 14.5. The molecule has 6 nitrogen and oxygen atoms in total. The minimum atomic E-state index is -0.0184. The number of likely N-dealkylation sites (N-methyl/N-ethyl adjacent to an activating group) is 1. The van der Waals surface area contributed by atoms with Gasteiger partial charge in [0.1, 0.15) is 5.75 Å². The van der Waals surface area contributed by atoms with Gasteiger partial charge >= 0.3 is 0 Å². The topological polar surface area (TPSA) is 53.1 Å². The second-order valence-electron chi connectivity index (χ2n) is 7.18. The van der Waals surface area contributed by atoms with Crippen molar-refractivity contribution >= 4 is 23.4 Å². The van der Waals surface area contributed by atoms with Crippen LogP contribution in [0.15, 0.2) is 48.5 Å². The van der Waals surface area contributed by atoms with Gasteiger partial charge in [0.25, 0.3) is 5.91 Å². The van der Waals surface area contributed by atoms with Crippen molar-refractivity contribution in [3.8, 4) is 5.75 Å². The molecule has 154 valence electrons. The molecule has 1 aliphatic heterocycles. The summed E-state index contributed by atoms with van der Waals surface area (Å²) >= 11 is 5.98. The zero-order valence-electron chi connectivity index (χ0n) is 16.8. The highest BCUT2D eigenvalue weighted by atomic mass is 35.5. The standard InChI is InChI=1S/C22H26ClN3O3/c1-24(15-17-6-8-20(29-2)9-7-17)21(27)16-25-10-12-26(13-11-25)22(28)18-4-3-5-19(23)14-18/h3-9,14H,10-13,15-16H2,1-2H3. The van der Waals surface area contributed by atoms with Gasteiger partial charge in [0.2, 0.25) is 5.91 Å². The number of halogens is 1. The van der Waals surface area contributed by atoms with Crippen molar-refractivity contribution in [3.63, 3.8) is 0 Å². The first-order valence-corrected chi connectivity index (χ1v) is 9.98. The molecule has 2 amide bonds. The fourth-order valence-corrected chi connectivity index (χ4v) is 3.51. The summed E-state index contributed by atoms with van der Waals surface area (Å²) in [5.74, 6) is 0.846.